The summed E-state index contributed by atoms with van der Waals surface area (Å²) in [5.74, 6) is 0.442. The molecule has 2 aliphatic carbocycles. The minimum atomic E-state index is -0.0799. The summed E-state index contributed by atoms with van der Waals surface area (Å²) in [4.78, 5) is 0. The van der Waals surface area contributed by atoms with E-state index in [4.69, 9.17) is 5.73 Å². The summed E-state index contributed by atoms with van der Waals surface area (Å²) in [7, 11) is 0. The third kappa shape index (κ3) is 0.578. The highest BCUT2D eigenvalue weighted by Crippen LogP contribution is 2.48. The lowest BCUT2D eigenvalue weighted by molar-refractivity contribution is 0.0494. The maximum absolute atomic E-state index is 9.30. The summed E-state index contributed by atoms with van der Waals surface area (Å²) in [5.41, 5.74) is 5.99. The zero-order valence-electron chi connectivity index (χ0n) is 5.51. The van der Waals surface area contributed by atoms with E-state index in [2.05, 4.69) is 0 Å². The van der Waals surface area contributed by atoms with Crippen molar-refractivity contribution in [3.63, 3.8) is 0 Å². The number of hydrogen-bond acceptors (Lipinski definition) is 2. The smallest absolute Gasteiger partial charge is 0.0586 e. The molecule has 0 aromatic heterocycles. The van der Waals surface area contributed by atoms with Crippen LogP contribution in [0.25, 0.3) is 0 Å². The highest BCUT2D eigenvalue weighted by atomic mass is 16.3. The fourth-order valence-electron chi connectivity index (χ4n) is 2.19. The summed E-state index contributed by atoms with van der Waals surface area (Å²) in [6.45, 7) is 0. The monoisotopic (exact) mass is 127 g/mol. The fourth-order valence-corrected chi connectivity index (χ4v) is 2.19. The van der Waals surface area contributed by atoms with Crippen molar-refractivity contribution < 1.29 is 5.11 Å². The molecule has 2 fully saturated rings. The Morgan fingerprint density at radius 3 is 2.22 bits per heavy atom. The number of rotatable bonds is 0. The molecule has 52 valence electrons. The highest BCUT2D eigenvalue weighted by Gasteiger charge is 2.51. The van der Waals surface area contributed by atoms with Gasteiger partial charge < -0.3 is 10.8 Å². The average Bonchev–Trinajstić information content (AvgIpc) is 1.93. The van der Waals surface area contributed by atoms with E-state index in [0.717, 1.165) is 25.7 Å². The van der Waals surface area contributed by atoms with Crippen molar-refractivity contribution in [3.05, 3.63) is 0 Å². The molecule has 3 N–H and O–H groups in total. The Balaban J connectivity index is 2.15. The lowest BCUT2D eigenvalue weighted by atomic mass is 9.69. The highest BCUT2D eigenvalue weighted by molar-refractivity contribution is 5.08. The van der Waals surface area contributed by atoms with Gasteiger partial charge in [-0.05, 0) is 25.7 Å². The second kappa shape index (κ2) is 1.50. The first-order chi connectivity index (χ1) is 4.22. The second-order valence-electron chi connectivity index (χ2n) is 3.48. The van der Waals surface area contributed by atoms with E-state index in [1.165, 1.54) is 0 Å². The number of aliphatic hydroxyl groups is 1. The summed E-state index contributed by atoms with van der Waals surface area (Å²) in [6, 6.07) is 0. The van der Waals surface area contributed by atoms with Crippen molar-refractivity contribution >= 4 is 0 Å². The first kappa shape index (κ1) is 5.69. The van der Waals surface area contributed by atoms with Crippen LogP contribution in [-0.2, 0) is 0 Å². The van der Waals surface area contributed by atoms with Gasteiger partial charge in [-0.3, -0.25) is 0 Å². The van der Waals surface area contributed by atoms with Crippen molar-refractivity contribution in [1.82, 2.24) is 0 Å². The Kier molecular flexibility index (Phi) is 0.945. The second-order valence-corrected chi connectivity index (χ2v) is 3.48. The number of aliphatic hydroxyl groups excluding tert-OH is 1. The predicted octanol–water partition coefficient (Wildman–Crippen LogP) is 0.249. The summed E-state index contributed by atoms with van der Waals surface area (Å²) in [6.07, 6.45) is 4.18. The molecule has 0 aromatic carbocycles. The molecule has 0 heterocycles. The molecule has 0 saturated heterocycles. The van der Waals surface area contributed by atoms with E-state index in [1.54, 1.807) is 0 Å². The van der Waals surface area contributed by atoms with E-state index in [0.29, 0.717) is 5.92 Å². The Bertz CT molecular complexity index is 137. The summed E-state index contributed by atoms with van der Waals surface area (Å²) < 4.78 is 0. The molecule has 2 rings (SSSR count). The van der Waals surface area contributed by atoms with Crippen LogP contribution in [0.15, 0.2) is 0 Å². The molecule has 2 nitrogen and oxygen atoms in total. The van der Waals surface area contributed by atoms with Crippen molar-refractivity contribution in [2.24, 2.45) is 11.7 Å². The Labute approximate surface area is 55.1 Å². The van der Waals surface area contributed by atoms with Crippen LogP contribution in [-0.4, -0.2) is 16.7 Å². The zero-order chi connectivity index (χ0) is 6.48. The minimum Gasteiger partial charge on any atom is -0.393 e. The molecule has 0 bridgehead atoms. The van der Waals surface area contributed by atoms with Gasteiger partial charge in [0.1, 0.15) is 0 Å². The zero-order valence-corrected chi connectivity index (χ0v) is 5.51. The third-order valence-electron chi connectivity index (χ3n) is 3.03. The number of fused-ring (bicyclic) bond motifs is 1. The van der Waals surface area contributed by atoms with E-state index in [1.807, 2.05) is 0 Å². The van der Waals surface area contributed by atoms with Crippen LogP contribution in [0.3, 0.4) is 0 Å². The number of nitrogens with two attached hydrogens (primary N) is 1. The van der Waals surface area contributed by atoms with Crippen LogP contribution < -0.4 is 5.73 Å². The molecule has 2 aliphatic rings. The van der Waals surface area contributed by atoms with Gasteiger partial charge in [0.2, 0.25) is 0 Å². The van der Waals surface area contributed by atoms with Crippen LogP contribution in [0.4, 0.5) is 0 Å². The van der Waals surface area contributed by atoms with Crippen LogP contribution in [0.5, 0.6) is 0 Å². The quantitative estimate of drug-likeness (QED) is 0.490. The van der Waals surface area contributed by atoms with Gasteiger partial charge in [-0.25, -0.2) is 0 Å². The molecule has 9 heavy (non-hydrogen) atoms. The topological polar surface area (TPSA) is 46.2 Å². The maximum Gasteiger partial charge on any atom is 0.0586 e. The lowest BCUT2D eigenvalue weighted by Gasteiger charge is -2.42. The van der Waals surface area contributed by atoms with Gasteiger partial charge >= 0.3 is 0 Å². The first-order valence-electron chi connectivity index (χ1n) is 3.69. The van der Waals surface area contributed by atoms with E-state index in [-0.39, 0.29) is 11.6 Å². The summed E-state index contributed by atoms with van der Waals surface area (Å²) >= 11 is 0. The van der Waals surface area contributed by atoms with Crippen LogP contribution in [0, 0.1) is 5.92 Å². The molecule has 3 atom stereocenters. The van der Waals surface area contributed by atoms with E-state index < -0.39 is 0 Å². The molecule has 0 radical (unpaired) electrons. The molecule has 0 amide bonds. The largest absolute Gasteiger partial charge is 0.393 e. The molecular weight excluding hydrogens is 114 g/mol. The summed E-state index contributed by atoms with van der Waals surface area (Å²) in [5, 5.41) is 9.30. The van der Waals surface area contributed by atoms with Gasteiger partial charge in [0.15, 0.2) is 0 Å². The van der Waals surface area contributed by atoms with Gasteiger partial charge in [0.25, 0.3) is 0 Å². The fraction of sp³-hybridized carbons (Fsp3) is 1.00. The van der Waals surface area contributed by atoms with Gasteiger partial charge in [-0.15, -0.1) is 0 Å². The molecular formula is C7H13NO. The molecule has 0 aliphatic heterocycles. The van der Waals surface area contributed by atoms with Gasteiger partial charge in [-0.1, -0.05) is 0 Å². The predicted molar refractivity (Wildman–Crippen MR) is 34.9 cm³/mol. The Hall–Kier alpha value is -0.0800. The van der Waals surface area contributed by atoms with E-state index >= 15 is 0 Å². The van der Waals surface area contributed by atoms with E-state index in [9.17, 15) is 5.11 Å². The van der Waals surface area contributed by atoms with Crippen LogP contribution >= 0.6 is 0 Å². The van der Waals surface area contributed by atoms with Crippen molar-refractivity contribution in [1.29, 1.82) is 0 Å². The maximum atomic E-state index is 9.30. The Morgan fingerprint density at radius 1 is 1.33 bits per heavy atom. The van der Waals surface area contributed by atoms with Crippen LogP contribution in [0.2, 0.25) is 0 Å². The molecule has 2 heteroatoms. The Morgan fingerprint density at radius 2 is 2.00 bits per heavy atom. The lowest BCUT2D eigenvalue weighted by Crippen LogP contribution is -2.53. The van der Waals surface area contributed by atoms with Gasteiger partial charge in [-0.2, -0.15) is 0 Å². The van der Waals surface area contributed by atoms with Crippen LogP contribution in [0.1, 0.15) is 25.7 Å². The van der Waals surface area contributed by atoms with Crippen molar-refractivity contribution in [2.45, 2.75) is 37.3 Å². The van der Waals surface area contributed by atoms with Gasteiger partial charge in [0.05, 0.1) is 6.10 Å². The minimum absolute atomic E-state index is 0.0550. The van der Waals surface area contributed by atoms with Crippen molar-refractivity contribution in [2.75, 3.05) is 0 Å². The SMILES string of the molecule is N[C@@]12CC[C@@H](O)[C@@H]1CC2. The average molecular weight is 127 g/mol. The first-order valence-corrected chi connectivity index (χ1v) is 3.69. The molecule has 2 saturated carbocycles. The molecule has 0 aromatic rings. The number of hydrogen-bond donors (Lipinski definition) is 2. The van der Waals surface area contributed by atoms with Crippen molar-refractivity contribution in [3.8, 4) is 0 Å². The third-order valence-corrected chi connectivity index (χ3v) is 3.03. The van der Waals surface area contributed by atoms with Gasteiger partial charge in [0, 0.05) is 11.5 Å². The standard InChI is InChI=1S/C7H13NO/c8-7-3-1-5(7)6(9)2-4-7/h5-6,9H,1-4,8H2/t5-,6+,7-/m0/s1. The molecule has 0 spiro atoms. The molecule has 0 unspecified atom stereocenters. The normalized spacial score (nSPS) is 56.7.